The third-order valence-electron chi connectivity index (χ3n) is 3.22. The molecule has 1 aromatic heterocycles. The largest absolute Gasteiger partial charge is 0.480 e. The van der Waals surface area contributed by atoms with E-state index in [9.17, 15) is 9.90 Å². The molecule has 0 atom stereocenters. The molecular weight excluding hydrogens is 284 g/mol. The molecule has 110 valence electrons. The molecule has 2 aromatic rings. The molecule has 1 N–H and O–H groups in total. The van der Waals surface area contributed by atoms with E-state index >= 15 is 0 Å². The van der Waals surface area contributed by atoms with Crippen LogP contribution in [0.3, 0.4) is 0 Å². The van der Waals surface area contributed by atoms with Gasteiger partial charge in [-0.15, -0.1) is 0 Å². The first-order valence-electron chi connectivity index (χ1n) is 6.75. The van der Waals surface area contributed by atoms with Gasteiger partial charge in [0.05, 0.1) is 0 Å². The maximum absolute atomic E-state index is 11.3. The lowest BCUT2D eigenvalue weighted by Crippen LogP contribution is -2.27. The van der Waals surface area contributed by atoms with Crippen molar-refractivity contribution in [3.63, 3.8) is 0 Å². The van der Waals surface area contributed by atoms with Crippen LogP contribution in [0.4, 0.5) is 0 Å². The van der Waals surface area contributed by atoms with Gasteiger partial charge in [0.2, 0.25) is 0 Å². The molecule has 0 saturated carbocycles. The van der Waals surface area contributed by atoms with Crippen LogP contribution in [0.1, 0.15) is 26.3 Å². The molecule has 2 rings (SSSR count). The van der Waals surface area contributed by atoms with Crippen LogP contribution >= 0.6 is 11.8 Å². The summed E-state index contributed by atoms with van der Waals surface area (Å²) in [6, 6.07) is 8.18. The molecular formula is C16H18N2O2S. The number of hydrogen-bond donors (Lipinski definition) is 1. The van der Waals surface area contributed by atoms with Gasteiger partial charge >= 0.3 is 5.97 Å². The number of thioether (sulfide) groups is 1. The molecule has 0 bridgehead atoms. The van der Waals surface area contributed by atoms with Crippen molar-refractivity contribution < 1.29 is 9.90 Å². The third-order valence-corrected chi connectivity index (χ3v) is 4.42. The first kappa shape index (κ1) is 15.5. The molecule has 0 unspecified atom stereocenters. The molecule has 0 fully saturated rings. The van der Waals surface area contributed by atoms with Gasteiger partial charge in [-0.3, -0.25) is 4.79 Å². The summed E-state index contributed by atoms with van der Waals surface area (Å²) in [6.45, 7) is 5.45. The van der Waals surface area contributed by atoms with Crippen molar-refractivity contribution in [3.05, 3.63) is 42.4 Å². The van der Waals surface area contributed by atoms with Crippen LogP contribution in [0, 0.1) is 0 Å². The highest BCUT2D eigenvalue weighted by Gasteiger charge is 2.30. The van der Waals surface area contributed by atoms with E-state index in [0.29, 0.717) is 5.03 Å². The second-order valence-electron chi connectivity index (χ2n) is 5.21. The van der Waals surface area contributed by atoms with Gasteiger partial charge in [0.1, 0.15) is 16.1 Å². The SMILES string of the molecule is CCc1ccc(-c2cncnc2SC(C)(C)C(=O)O)cc1. The van der Waals surface area contributed by atoms with Crippen molar-refractivity contribution in [2.75, 3.05) is 0 Å². The molecule has 0 aliphatic heterocycles. The summed E-state index contributed by atoms with van der Waals surface area (Å²) < 4.78 is -0.938. The molecule has 4 nitrogen and oxygen atoms in total. The van der Waals surface area contributed by atoms with Crippen LogP contribution in [0.5, 0.6) is 0 Å². The second kappa shape index (κ2) is 6.26. The van der Waals surface area contributed by atoms with E-state index in [-0.39, 0.29) is 0 Å². The Morgan fingerprint density at radius 1 is 1.29 bits per heavy atom. The van der Waals surface area contributed by atoms with E-state index in [1.807, 2.05) is 12.1 Å². The van der Waals surface area contributed by atoms with Crippen LogP contribution in [-0.4, -0.2) is 25.8 Å². The Labute approximate surface area is 128 Å². The quantitative estimate of drug-likeness (QED) is 0.674. The molecule has 1 heterocycles. The lowest BCUT2D eigenvalue weighted by molar-refractivity contribution is -0.138. The normalized spacial score (nSPS) is 11.4. The number of carboxylic acid groups (broad SMARTS) is 1. The van der Waals surface area contributed by atoms with Crippen molar-refractivity contribution in [3.8, 4) is 11.1 Å². The molecule has 0 saturated heterocycles. The Morgan fingerprint density at radius 3 is 2.52 bits per heavy atom. The Hall–Kier alpha value is -1.88. The number of benzene rings is 1. The van der Waals surface area contributed by atoms with Gasteiger partial charge in [-0.25, -0.2) is 9.97 Å². The van der Waals surface area contributed by atoms with Crippen molar-refractivity contribution in [1.82, 2.24) is 9.97 Å². The van der Waals surface area contributed by atoms with Gasteiger partial charge in [0.25, 0.3) is 0 Å². The fraction of sp³-hybridized carbons (Fsp3) is 0.312. The van der Waals surface area contributed by atoms with E-state index in [4.69, 9.17) is 0 Å². The zero-order valence-electron chi connectivity index (χ0n) is 12.3. The minimum atomic E-state index is -0.938. The van der Waals surface area contributed by atoms with Gasteiger partial charge in [-0.2, -0.15) is 0 Å². The van der Waals surface area contributed by atoms with E-state index in [1.165, 1.54) is 23.7 Å². The minimum Gasteiger partial charge on any atom is -0.480 e. The predicted octanol–water partition coefficient (Wildman–Crippen LogP) is 3.66. The fourth-order valence-corrected chi connectivity index (χ4v) is 2.75. The Bertz CT molecular complexity index is 639. The number of rotatable bonds is 5. The summed E-state index contributed by atoms with van der Waals surface area (Å²) in [5, 5.41) is 9.95. The van der Waals surface area contributed by atoms with Gasteiger partial charge in [0.15, 0.2) is 0 Å². The minimum absolute atomic E-state index is 0.682. The zero-order valence-corrected chi connectivity index (χ0v) is 13.1. The molecule has 21 heavy (non-hydrogen) atoms. The van der Waals surface area contributed by atoms with Crippen molar-refractivity contribution in [2.45, 2.75) is 37.0 Å². The number of nitrogens with zero attached hydrogens (tertiary/aromatic N) is 2. The highest BCUT2D eigenvalue weighted by molar-refractivity contribution is 8.01. The predicted molar refractivity (Wildman–Crippen MR) is 84.4 cm³/mol. The number of aromatic nitrogens is 2. The lowest BCUT2D eigenvalue weighted by atomic mass is 10.1. The maximum Gasteiger partial charge on any atom is 0.319 e. The molecule has 0 aliphatic rings. The van der Waals surface area contributed by atoms with Crippen molar-refractivity contribution in [2.24, 2.45) is 0 Å². The Morgan fingerprint density at radius 2 is 1.95 bits per heavy atom. The number of aryl methyl sites for hydroxylation is 1. The summed E-state index contributed by atoms with van der Waals surface area (Å²) in [7, 11) is 0. The summed E-state index contributed by atoms with van der Waals surface area (Å²) >= 11 is 1.23. The van der Waals surface area contributed by atoms with Crippen LogP contribution < -0.4 is 0 Å². The topological polar surface area (TPSA) is 63.1 Å². The number of carboxylic acids is 1. The van der Waals surface area contributed by atoms with Crippen LogP contribution in [0.2, 0.25) is 0 Å². The molecule has 0 aliphatic carbocycles. The summed E-state index contributed by atoms with van der Waals surface area (Å²) in [4.78, 5) is 19.6. The van der Waals surface area contributed by atoms with Gasteiger partial charge in [0, 0.05) is 11.8 Å². The molecule has 0 amide bonds. The first-order chi connectivity index (χ1) is 9.94. The van der Waals surface area contributed by atoms with E-state index < -0.39 is 10.7 Å². The molecule has 1 aromatic carbocycles. The smallest absolute Gasteiger partial charge is 0.319 e. The van der Waals surface area contributed by atoms with Gasteiger partial charge in [-0.1, -0.05) is 43.0 Å². The zero-order chi connectivity index (χ0) is 15.5. The van der Waals surface area contributed by atoms with Gasteiger partial charge < -0.3 is 5.11 Å². The Balaban J connectivity index is 2.38. The summed E-state index contributed by atoms with van der Waals surface area (Å²) in [5.41, 5.74) is 3.12. The van der Waals surface area contributed by atoms with Crippen LogP contribution in [0.25, 0.3) is 11.1 Å². The number of aliphatic carboxylic acids is 1. The van der Waals surface area contributed by atoms with Crippen molar-refractivity contribution >= 4 is 17.7 Å². The Kier molecular flexibility index (Phi) is 4.63. The number of carbonyl (C=O) groups is 1. The maximum atomic E-state index is 11.3. The highest BCUT2D eigenvalue weighted by Crippen LogP contribution is 2.37. The second-order valence-corrected chi connectivity index (χ2v) is 6.82. The monoisotopic (exact) mass is 302 g/mol. The highest BCUT2D eigenvalue weighted by atomic mass is 32.2. The average Bonchev–Trinajstić information content (AvgIpc) is 2.47. The molecule has 0 radical (unpaired) electrons. The van der Waals surface area contributed by atoms with E-state index in [0.717, 1.165) is 17.5 Å². The average molecular weight is 302 g/mol. The van der Waals surface area contributed by atoms with E-state index in [1.54, 1.807) is 20.0 Å². The summed E-state index contributed by atoms with van der Waals surface area (Å²) in [5.74, 6) is -0.863. The summed E-state index contributed by atoms with van der Waals surface area (Å²) in [6.07, 6.45) is 4.16. The molecule has 5 heteroatoms. The number of hydrogen-bond acceptors (Lipinski definition) is 4. The lowest BCUT2D eigenvalue weighted by Gasteiger charge is -2.19. The van der Waals surface area contributed by atoms with Crippen LogP contribution in [-0.2, 0) is 11.2 Å². The molecule has 0 spiro atoms. The van der Waals surface area contributed by atoms with Gasteiger partial charge in [-0.05, 0) is 31.4 Å². The van der Waals surface area contributed by atoms with Crippen LogP contribution in [0.15, 0.2) is 41.8 Å². The first-order valence-corrected chi connectivity index (χ1v) is 7.57. The third kappa shape index (κ3) is 3.61. The van der Waals surface area contributed by atoms with Crippen molar-refractivity contribution in [1.29, 1.82) is 0 Å². The fourth-order valence-electron chi connectivity index (χ4n) is 1.80. The van der Waals surface area contributed by atoms with E-state index in [2.05, 4.69) is 29.0 Å². The standard InChI is InChI=1S/C16H18N2O2S/c1-4-11-5-7-12(8-6-11)13-9-17-10-18-14(13)21-16(2,3)15(19)20/h5-10H,4H2,1-3H3,(H,19,20).